The smallest absolute Gasteiger partial charge is 0.224 e. The normalized spacial score (nSPS) is 10.5. The minimum atomic E-state index is -0.104. The molecule has 0 bridgehead atoms. The molecular formula is C24H27N3O3S2. The molecule has 168 valence electrons. The van der Waals surface area contributed by atoms with Gasteiger partial charge in [0.1, 0.15) is 5.76 Å². The summed E-state index contributed by atoms with van der Waals surface area (Å²) in [6.45, 7) is 2.49. The maximum absolute atomic E-state index is 12.2. The Hall–Kier alpha value is -2.76. The van der Waals surface area contributed by atoms with Crippen LogP contribution in [-0.2, 0) is 16.1 Å². The fraction of sp³-hybridized carbons (Fsp3) is 0.375. The number of rotatable bonds is 11. The maximum atomic E-state index is 12.2. The maximum Gasteiger partial charge on any atom is 0.224 e. The van der Waals surface area contributed by atoms with Gasteiger partial charge in [-0.05, 0) is 43.2 Å². The van der Waals surface area contributed by atoms with Gasteiger partial charge < -0.3 is 15.1 Å². The molecule has 2 heterocycles. The van der Waals surface area contributed by atoms with E-state index in [2.05, 4.69) is 34.4 Å². The van der Waals surface area contributed by atoms with Crippen LogP contribution < -0.4 is 10.6 Å². The van der Waals surface area contributed by atoms with Crippen molar-refractivity contribution in [2.75, 3.05) is 11.1 Å². The highest BCUT2D eigenvalue weighted by Gasteiger charge is 2.09. The van der Waals surface area contributed by atoms with Gasteiger partial charge in [0.25, 0.3) is 0 Å². The predicted molar refractivity (Wildman–Crippen MR) is 131 cm³/mol. The van der Waals surface area contributed by atoms with Crippen molar-refractivity contribution >= 4 is 50.8 Å². The molecule has 3 aromatic rings. The Morgan fingerprint density at radius 2 is 2.00 bits per heavy atom. The number of aromatic nitrogens is 1. The Balaban J connectivity index is 1.39. The van der Waals surface area contributed by atoms with Gasteiger partial charge in [0.05, 0.1) is 23.0 Å². The standard InChI is InChI=1S/C24H27N3O3S2/c1-2-3-4-5-6-15-31-24-27-20-13-12-18(16-21(20)32-24)26-23(29)11-7-10-22(28)25-17-19-9-8-14-30-19/h8-9,12-14,16H,2-3,6-7,10-11,15,17H2,1H3,(H,25,28)(H,26,29). The molecule has 0 saturated heterocycles. The van der Waals surface area contributed by atoms with Gasteiger partial charge >= 0.3 is 0 Å². The molecule has 3 rings (SSSR count). The van der Waals surface area contributed by atoms with E-state index in [1.54, 1.807) is 41.5 Å². The molecule has 8 heteroatoms. The van der Waals surface area contributed by atoms with Gasteiger partial charge in [0.15, 0.2) is 4.34 Å². The van der Waals surface area contributed by atoms with Gasteiger partial charge in [0, 0.05) is 37.1 Å². The van der Waals surface area contributed by atoms with Gasteiger partial charge in [-0.2, -0.15) is 0 Å². The first-order chi connectivity index (χ1) is 15.6. The molecule has 1 aromatic carbocycles. The van der Waals surface area contributed by atoms with Gasteiger partial charge in [-0.1, -0.05) is 18.7 Å². The number of hydrogen-bond acceptors (Lipinski definition) is 6. The van der Waals surface area contributed by atoms with Crippen LogP contribution in [0.3, 0.4) is 0 Å². The lowest BCUT2D eigenvalue weighted by molar-refractivity contribution is -0.121. The molecule has 0 saturated carbocycles. The summed E-state index contributed by atoms with van der Waals surface area (Å²) < 4.78 is 7.23. The van der Waals surface area contributed by atoms with Crippen molar-refractivity contribution in [3.8, 4) is 11.8 Å². The fourth-order valence-corrected chi connectivity index (χ4v) is 4.89. The minimum Gasteiger partial charge on any atom is -0.467 e. The topological polar surface area (TPSA) is 84.2 Å². The fourth-order valence-electron chi connectivity index (χ4n) is 2.85. The SMILES string of the molecule is CCCC#CCCSc1nc2ccc(NC(=O)CCCC(=O)NCc3ccco3)cc2s1. The zero-order valence-corrected chi connectivity index (χ0v) is 19.7. The summed E-state index contributed by atoms with van der Waals surface area (Å²) >= 11 is 3.34. The largest absolute Gasteiger partial charge is 0.467 e. The number of unbranched alkanes of at least 4 members (excludes halogenated alkanes) is 1. The van der Waals surface area contributed by atoms with Gasteiger partial charge in [0.2, 0.25) is 11.8 Å². The second-order valence-electron chi connectivity index (χ2n) is 7.12. The highest BCUT2D eigenvalue weighted by atomic mass is 32.2. The summed E-state index contributed by atoms with van der Waals surface area (Å²) in [4.78, 5) is 28.8. The van der Waals surface area contributed by atoms with Gasteiger partial charge in [-0.3, -0.25) is 9.59 Å². The third-order valence-corrected chi connectivity index (χ3v) is 6.62. The highest BCUT2D eigenvalue weighted by molar-refractivity contribution is 8.01. The molecular weight excluding hydrogens is 442 g/mol. The number of thiazole rings is 1. The lowest BCUT2D eigenvalue weighted by Crippen LogP contribution is -2.22. The number of carbonyl (C=O) groups is 2. The number of nitrogens with zero attached hydrogens (tertiary/aromatic N) is 1. The van der Waals surface area contributed by atoms with Crippen LogP contribution >= 0.6 is 23.1 Å². The van der Waals surface area contributed by atoms with E-state index in [0.29, 0.717) is 25.1 Å². The van der Waals surface area contributed by atoms with E-state index in [1.165, 1.54) is 0 Å². The molecule has 0 aliphatic heterocycles. The Morgan fingerprint density at radius 3 is 2.81 bits per heavy atom. The van der Waals surface area contributed by atoms with E-state index in [0.717, 1.165) is 45.3 Å². The molecule has 0 radical (unpaired) electrons. The number of furan rings is 1. The number of thioether (sulfide) groups is 1. The van der Waals surface area contributed by atoms with Crippen molar-refractivity contribution in [3.05, 3.63) is 42.4 Å². The van der Waals surface area contributed by atoms with Crippen molar-refractivity contribution in [2.24, 2.45) is 0 Å². The van der Waals surface area contributed by atoms with Gasteiger partial charge in [-0.15, -0.1) is 23.2 Å². The first-order valence-electron chi connectivity index (χ1n) is 10.7. The average molecular weight is 470 g/mol. The molecule has 0 aliphatic carbocycles. The van der Waals surface area contributed by atoms with Crippen LogP contribution in [-0.4, -0.2) is 22.6 Å². The first-order valence-corrected chi connectivity index (χ1v) is 12.5. The lowest BCUT2D eigenvalue weighted by Gasteiger charge is -2.06. The number of benzene rings is 1. The van der Waals surface area contributed by atoms with E-state index < -0.39 is 0 Å². The van der Waals surface area contributed by atoms with E-state index >= 15 is 0 Å². The van der Waals surface area contributed by atoms with Crippen molar-refractivity contribution < 1.29 is 14.0 Å². The van der Waals surface area contributed by atoms with E-state index in [9.17, 15) is 9.59 Å². The first kappa shape index (κ1) is 23.9. The van der Waals surface area contributed by atoms with E-state index in [1.807, 2.05) is 18.2 Å². The molecule has 0 spiro atoms. The number of nitrogens with one attached hydrogen (secondary N) is 2. The molecule has 2 aromatic heterocycles. The summed E-state index contributed by atoms with van der Waals surface area (Å²) in [5.74, 6) is 7.78. The van der Waals surface area contributed by atoms with E-state index in [4.69, 9.17) is 4.42 Å². The third-order valence-electron chi connectivity index (χ3n) is 4.45. The Labute approximate surface area is 196 Å². The monoisotopic (exact) mass is 469 g/mol. The van der Waals surface area contributed by atoms with Crippen LogP contribution in [0, 0.1) is 11.8 Å². The molecule has 2 amide bonds. The number of anilines is 1. The van der Waals surface area contributed by atoms with Crippen molar-refractivity contribution in [2.45, 2.75) is 56.3 Å². The zero-order chi connectivity index (χ0) is 22.6. The van der Waals surface area contributed by atoms with Crippen LogP contribution in [0.25, 0.3) is 10.2 Å². The zero-order valence-electron chi connectivity index (χ0n) is 18.1. The van der Waals surface area contributed by atoms with Crippen molar-refractivity contribution in [1.82, 2.24) is 10.3 Å². The van der Waals surface area contributed by atoms with Crippen LogP contribution in [0.15, 0.2) is 45.4 Å². The summed E-state index contributed by atoms with van der Waals surface area (Å²) in [6.07, 6.45) is 5.56. The molecule has 0 atom stereocenters. The highest BCUT2D eigenvalue weighted by Crippen LogP contribution is 2.31. The lowest BCUT2D eigenvalue weighted by atomic mass is 10.2. The van der Waals surface area contributed by atoms with E-state index in [-0.39, 0.29) is 18.2 Å². The molecule has 2 N–H and O–H groups in total. The second-order valence-corrected chi connectivity index (χ2v) is 9.49. The Kier molecular flexibility index (Phi) is 9.66. The molecule has 32 heavy (non-hydrogen) atoms. The molecule has 0 unspecified atom stereocenters. The number of amides is 2. The predicted octanol–water partition coefficient (Wildman–Crippen LogP) is 5.60. The molecule has 0 fully saturated rings. The van der Waals surface area contributed by atoms with Crippen LogP contribution in [0.4, 0.5) is 5.69 Å². The van der Waals surface area contributed by atoms with Crippen molar-refractivity contribution in [1.29, 1.82) is 0 Å². The number of fused-ring (bicyclic) bond motifs is 1. The quantitative estimate of drug-likeness (QED) is 0.217. The Morgan fingerprint density at radius 1 is 1.16 bits per heavy atom. The van der Waals surface area contributed by atoms with Crippen LogP contribution in [0.5, 0.6) is 0 Å². The Bertz CT molecular complexity index is 1080. The molecule has 6 nitrogen and oxygen atoms in total. The minimum absolute atomic E-state index is 0.0957. The average Bonchev–Trinajstić information content (AvgIpc) is 3.44. The third kappa shape index (κ3) is 8.06. The van der Waals surface area contributed by atoms with Crippen molar-refractivity contribution in [3.63, 3.8) is 0 Å². The summed E-state index contributed by atoms with van der Waals surface area (Å²) in [6, 6.07) is 9.32. The van der Waals surface area contributed by atoms with Crippen LogP contribution in [0.1, 0.15) is 51.2 Å². The summed E-state index contributed by atoms with van der Waals surface area (Å²) in [7, 11) is 0. The summed E-state index contributed by atoms with van der Waals surface area (Å²) in [5.41, 5.74) is 1.68. The second kappa shape index (κ2) is 12.9. The number of hydrogen-bond donors (Lipinski definition) is 2. The number of carbonyl (C=O) groups excluding carboxylic acids is 2. The molecule has 0 aliphatic rings. The van der Waals surface area contributed by atoms with Crippen LogP contribution in [0.2, 0.25) is 0 Å². The van der Waals surface area contributed by atoms with Gasteiger partial charge in [-0.25, -0.2) is 4.98 Å². The summed E-state index contributed by atoms with van der Waals surface area (Å²) in [5, 5.41) is 5.69.